The third-order valence-corrected chi connectivity index (χ3v) is 3.49. The second-order valence-electron chi connectivity index (χ2n) is 6.15. The standard InChI is InChI=1S/C16H26O/c1-6-12(2)7-8-13-9-10-15(17)14(11-13)16(3,4)5/h9-12,17H,6-8H2,1-5H3. The number of aromatic hydroxyl groups is 1. The van der Waals surface area contributed by atoms with Gasteiger partial charge in [0, 0.05) is 0 Å². The van der Waals surface area contributed by atoms with E-state index < -0.39 is 0 Å². The molecule has 1 heteroatoms. The largest absolute Gasteiger partial charge is 0.508 e. The Kier molecular flexibility index (Phi) is 4.62. The van der Waals surface area contributed by atoms with Gasteiger partial charge in [-0.3, -0.25) is 0 Å². The predicted octanol–water partition coefficient (Wildman–Crippen LogP) is 4.67. The van der Waals surface area contributed by atoms with Crippen LogP contribution in [0.3, 0.4) is 0 Å². The molecular weight excluding hydrogens is 208 g/mol. The van der Waals surface area contributed by atoms with Gasteiger partial charge in [0.05, 0.1) is 0 Å². The van der Waals surface area contributed by atoms with Crippen LogP contribution in [0.4, 0.5) is 0 Å². The zero-order valence-electron chi connectivity index (χ0n) is 11.9. The molecule has 1 rings (SSSR count). The van der Waals surface area contributed by atoms with Crippen molar-refractivity contribution < 1.29 is 5.11 Å². The minimum Gasteiger partial charge on any atom is -0.508 e. The predicted molar refractivity (Wildman–Crippen MR) is 74.6 cm³/mol. The van der Waals surface area contributed by atoms with Crippen molar-refractivity contribution in [2.75, 3.05) is 0 Å². The molecule has 0 heterocycles. The van der Waals surface area contributed by atoms with Gasteiger partial charge in [-0.25, -0.2) is 0 Å². The van der Waals surface area contributed by atoms with Crippen molar-refractivity contribution in [2.45, 2.75) is 59.3 Å². The minimum atomic E-state index is 0.0104. The van der Waals surface area contributed by atoms with Crippen LogP contribution in [-0.2, 0) is 11.8 Å². The van der Waals surface area contributed by atoms with Gasteiger partial charge in [-0.15, -0.1) is 0 Å². The molecule has 0 spiro atoms. The summed E-state index contributed by atoms with van der Waals surface area (Å²) in [5.41, 5.74) is 2.41. The zero-order chi connectivity index (χ0) is 13.1. The molecule has 1 unspecified atom stereocenters. The van der Waals surface area contributed by atoms with E-state index in [0.717, 1.165) is 17.9 Å². The van der Waals surface area contributed by atoms with E-state index in [0.29, 0.717) is 5.75 Å². The van der Waals surface area contributed by atoms with E-state index in [1.54, 1.807) is 0 Å². The van der Waals surface area contributed by atoms with E-state index in [1.807, 2.05) is 12.1 Å². The van der Waals surface area contributed by atoms with E-state index in [1.165, 1.54) is 18.4 Å². The van der Waals surface area contributed by atoms with Crippen LogP contribution >= 0.6 is 0 Å². The van der Waals surface area contributed by atoms with Crippen molar-refractivity contribution in [3.05, 3.63) is 29.3 Å². The zero-order valence-corrected chi connectivity index (χ0v) is 11.9. The number of hydrogen-bond donors (Lipinski definition) is 1. The van der Waals surface area contributed by atoms with Gasteiger partial charge < -0.3 is 5.11 Å². The third kappa shape index (κ3) is 4.07. The van der Waals surface area contributed by atoms with E-state index in [9.17, 15) is 5.11 Å². The van der Waals surface area contributed by atoms with Gasteiger partial charge in [0.25, 0.3) is 0 Å². The number of hydrogen-bond acceptors (Lipinski definition) is 1. The maximum atomic E-state index is 9.89. The first-order valence-corrected chi connectivity index (χ1v) is 6.67. The summed E-state index contributed by atoms with van der Waals surface area (Å²) in [7, 11) is 0. The molecule has 1 aromatic rings. The Bertz CT molecular complexity index is 360. The molecular formula is C16H26O. The molecule has 1 atom stereocenters. The van der Waals surface area contributed by atoms with Crippen LogP contribution in [0.2, 0.25) is 0 Å². The Morgan fingerprint density at radius 2 is 1.88 bits per heavy atom. The van der Waals surface area contributed by atoms with Crippen LogP contribution < -0.4 is 0 Å². The summed E-state index contributed by atoms with van der Waals surface area (Å²) in [6.45, 7) is 11.0. The Morgan fingerprint density at radius 3 is 2.41 bits per heavy atom. The van der Waals surface area contributed by atoms with Crippen molar-refractivity contribution in [1.29, 1.82) is 0 Å². The minimum absolute atomic E-state index is 0.0104. The third-order valence-electron chi connectivity index (χ3n) is 3.49. The SMILES string of the molecule is CCC(C)CCc1ccc(O)c(C(C)(C)C)c1. The molecule has 0 radical (unpaired) electrons. The summed E-state index contributed by atoms with van der Waals surface area (Å²) in [6, 6.07) is 6.05. The summed E-state index contributed by atoms with van der Waals surface area (Å²) in [6.07, 6.45) is 3.58. The van der Waals surface area contributed by atoms with E-state index >= 15 is 0 Å². The molecule has 96 valence electrons. The molecule has 0 aliphatic rings. The second-order valence-corrected chi connectivity index (χ2v) is 6.15. The van der Waals surface area contributed by atoms with E-state index in [4.69, 9.17) is 0 Å². The monoisotopic (exact) mass is 234 g/mol. The van der Waals surface area contributed by atoms with Crippen molar-refractivity contribution in [1.82, 2.24) is 0 Å². The first-order chi connectivity index (χ1) is 7.84. The maximum Gasteiger partial charge on any atom is 0.119 e. The molecule has 1 N–H and O–H groups in total. The number of phenolic OH excluding ortho intramolecular Hbond substituents is 1. The van der Waals surface area contributed by atoms with Crippen molar-refractivity contribution >= 4 is 0 Å². The van der Waals surface area contributed by atoms with Gasteiger partial charge in [0.15, 0.2) is 0 Å². The van der Waals surface area contributed by atoms with Gasteiger partial charge in [-0.1, -0.05) is 53.2 Å². The lowest BCUT2D eigenvalue weighted by atomic mass is 9.84. The molecule has 0 fully saturated rings. The van der Waals surface area contributed by atoms with Gasteiger partial charge in [-0.05, 0) is 41.4 Å². The number of phenols is 1. The van der Waals surface area contributed by atoms with Crippen LogP contribution in [0.5, 0.6) is 5.75 Å². The van der Waals surface area contributed by atoms with Crippen LogP contribution in [0.15, 0.2) is 18.2 Å². The van der Waals surface area contributed by atoms with Crippen LogP contribution in [0.25, 0.3) is 0 Å². The molecule has 1 aromatic carbocycles. The van der Waals surface area contributed by atoms with Crippen molar-refractivity contribution in [2.24, 2.45) is 5.92 Å². The Labute approximate surface area is 106 Å². The highest BCUT2D eigenvalue weighted by Crippen LogP contribution is 2.31. The summed E-state index contributed by atoms with van der Waals surface area (Å²) < 4.78 is 0. The van der Waals surface area contributed by atoms with Gasteiger partial charge in [0.1, 0.15) is 5.75 Å². The fourth-order valence-corrected chi connectivity index (χ4v) is 1.96. The van der Waals surface area contributed by atoms with Crippen molar-refractivity contribution in [3.63, 3.8) is 0 Å². The molecule has 0 aliphatic carbocycles. The normalized spacial score (nSPS) is 13.7. The summed E-state index contributed by atoms with van der Waals surface area (Å²) in [5, 5.41) is 9.89. The highest BCUT2D eigenvalue weighted by molar-refractivity contribution is 5.40. The second kappa shape index (κ2) is 5.57. The van der Waals surface area contributed by atoms with Crippen LogP contribution in [0.1, 0.15) is 58.6 Å². The summed E-state index contributed by atoms with van der Waals surface area (Å²) >= 11 is 0. The lowest BCUT2D eigenvalue weighted by Crippen LogP contribution is -2.11. The maximum absolute atomic E-state index is 9.89. The Morgan fingerprint density at radius 1 is 1.24 bits per heavy atom. The average molecular weight is 234 g/mol. The fraction of sp³-hybridized carbons (Fsp3) is 0.625. The van der Waals surface area contributed by atoms with Gasteiger partial charge in [-0.2, -0.15) is 0 Å². The highest BCUT2D eigenvalue weighted by atomic mass is 16.3. The molecule has 0 saturated carbocycles. The highest BCUT2D eigenvalue weighted by Gasteiger charge is 2.18. The molecule has 0 saturated heterocycles. The smallest absolute Gasteiger partial charge is 0.119 e. The molecule has 1 nitrogen and oxygen atoms in total. The fourth-order valence-electron chi connectivity index (χ4n) is 1.96. The molecule has 17 heavy (non-hydrogen) atoms. The first-order valence-electron chi connectivity index (χ1n) is 6.67. The summed E-state index contributed by atoms with van der Waals surface area (Å²) in [4.78, 5) is 0. The van der Waals surface area contributed by atoms with Gasteiger partial charge >= 0.3 is 0 Å². The Balaban J connectivity index is 2.82. The number of rotatable bonds is 4. The lowest BCUT2D eigenvalue weighted by Gasteiger charge is -2.21. The van der Waals surface area contributed by atoms with Gasteiger partial charge in [0.2, 0.25) is 0 Å². The summed E-state index contributed by atoms with van der Waals surface area (Å²) in [5.74, 6) is 1.20. The molecule has 0 aromatic heterocycles. The lowest BCUT2D eigenvalue weighted by molar-refractivity contribution is 0.445. The van der Waals surface area contributed by atoms with E-state index in [-0.39, 0.29) is 5.41 Å². The van der Waals surface area contributed by atoms with E-state index in [2.05, 4.69) is 40.7 Å². The molecule has 0 aliphatic heterocycles. The topological polar surface area (TPSA) is 20.2 Å². The average Bonchev–Trinajstić information content (AvgIpc) is 2.26. The number of benzene rings is 1. The molecule has 0 amide bonds. The number of aryl methyl sites for hydroxylation is 1. The van der Waals surface area contributed by atoms with Crippen LogP contribution in [-0.4, -0.2) is 5.11 Å². The van der Waals surface area contributed by atoms with Crippen LogP contribution in [0, 0.1) is 5.92 Å². The molecule has 0 bridgehead atoms. The first kappa shape index (κ1) is 14.1. The Hall–Kier alpha value is -0.980. The quantitative estimate of drug-likeness (QED) is 0.802. The van der Waals surface area contributed by atoms with Crippen molar-refractivity contribution in [3.8, 4) is 5.75 Å².